The van der Waals surface area contributed by atoms with Gasteiger partial charge in [0.1, 0.15) is 23.6 Å². The van der Waals surface area contributed by atoms with Crippen molar-refractivity contribution in [2.24, 2.45) is 0 Å². The average molecular weight is 1620 g/mol. The number of rotatable bonds is 60. The van der Waals surface area contributed by atoms with Crippen molar-refractivity contribution in [3.63, 3.8) is 0 Å². The molecule has 0 aliphatic rings. The second kappa shape index (κ2) is 70.4. The second-order valence-corrected chi connectivity index (χ2v) is 32.5. The maximum absolute atomic E-state index is 14.4. The Morgan fingerprint density at radius 3 is 0.697 bits per heavy atom. The van der Waals surface area contributed by atoms with Crippen LogP contribution in [0.1, 0.15) is 360 Å². The summed E-state index contributed by atoms with van der Waals surface area (Å²) in [7, 11) is 0. The van der Waals surface area contributed by atoms with Gasteiger partial charge in [0.25, 0.3) is 0 Å². The molecule has 652 valence electrons. The normalized spacial score (nSPS) is 10.8. The first-order valence-corrected chi connectivity index (χ1v) is 47.9. The summed E-state index contributed by atoms with van der Waals surface area (Å²) in [6, 6.07) is 49.2. The molecule has 0 unspecified atom stereocenters. The molecule has 0 N–H and O–H groups in total. The molecule has 11 heteroatoms. The number of hydrogen-bond donors (Lipinski definition) is 0. The monoisotopic (exact) mass is 1620 g/mol. The van der Waals surface area contributed by atoms with E-state index in [1.165, 1.54) is 285 Å². The maximum Gasteiger partial charge on any atom is 0.165 e. The minimum atomic E-state index is -0.310. The molecule has 0 aliphatic heterocycles. The average Bonchev–Trinajstić information content (AvgIpc) is 0.856. The highest BCUT2D eigenvalue weighted by atomic mass is 19.1. The lowest BCUT2D eigenvalue weighted by Crippen LogP contribution is -1.99. The van der Waals surface area contributed by atoms with Crippen molar-refractivity contribution in [1.82, 2.24) is 29.9 Å². The summed E-state index contributed by atoms with van der Waals surface area (Å²) in [5, 5.41) is 0. The van der Waals surface area contributed by atoms with Crippen molar-refractivity contribution in [2.45, 2.75) is 364 Å². The van der Waals surface area contributed by atoms with Crippen LogP contribution in [0.3, 0.4) is 0 Å². The van der Waals surface area contributed by atoms with Crippen LogP contribution in [0.5, 0.6) is 23.0 Å². The summed E-state index contributed by atoms with van der Waals surface area (Å²) in [5.41, 5.74) is 13.5. The van der Waals surface area contributed by atoms with E-state index in [0.717, 1.165) is 140 Å². The molecule has 5 heterocycles. The molecule has 0 saturated carbocycles. The van der Waals surface area contributed by atoms with E-state index in [-0.39, 0.29) is 5.82 Å². The van der Waals surface area contributed by atoms with E-state index < -0.39 is 0 Å². The number of nitrogens with zero attached hydrogens (tertiary/aromatic N) is 6. The van der Waals surface area contributed by atoms with Gasteiger partial charge >= 0.3 is 0 Å². The molecule has 0 aliphatic carbocycles. The van der Waals surface area contributed by atoms with Gasteiger partial charge in [-0.05, 0) is 221 Å². The number of ether oxygens (including phenoxy) is 4. The van der Waals surface area contributed by atoms with Gasteiger partial charge < -0.3 is 18.9 Å². The van der Waals surface area contributed by atoms with Crippen molar-refractivity contribution in [3.05, 3.63) is 217 Å². The van der Waals surface area contributed by atoms with Gasteiger partial charge in [-0.1, -0.05) is 311 Å². The van der Waals surface area contributed by atoms with E-state index >= 15 is 0 Å². The van der Waals surface area contributed by atoms with Gasteiger partial charge in [-0.2, -0.15) is 0 Å². The molecule has 0 saturated heterocycles. The van der Waals surface area contributed by atoms with Crippen molar-refractivity contribution < 1.29 is 23.3 Å². The van der Waals surface area contributed by atoms with Crippen molar-refractivity contribution in [3.8, 4) is 68.0 Å². The highest BCUT2D eigenvalue weighted by Gasteiger charge is 2.11. The van der Waals surface area contributed by atoms with Crippen LogP contribution in [0.25, 0.3) is 45.0 Å². The Bertz CT molecular complexity index is 3720. The zero-order chi connectivity index (χ0) is 84.6. The summed E-state index contributed by atoms with van der Waals surface area (Å²) >= 11 is 0. The Balaban J connectivity index is 0.000000275. The third-order valence-electron chi connectivity index (χ3n) is 21.8. The van der Waals surface area contributed by atoms with Crippen LogP contribution in [-0.4, -0.2) is 56.3 Å². The van der Waals surface area contributed by atoms with Crippen LogP contribution >= 0.6 is 0 Å². The molecule has 0 atom stereocenters. The molecule has 4 aromatic carbocycles. The van der Waals surface area contributed by atoms with Crippen molar-refractivity contribution >= 4 is 0 Å². The number of benzene rings is 4. The van der Waals surface area contributed by atoms with Gasteiger partial charge in [0.05, 0.1) is 49.2 Å². The summed E-state index contributed by atoms with van der Waals surface area (Å²) < 4.78 is 37.7. The van der Waals surface area contributed by atoms with Gasteiger partial charge in [-0.25, -0.2) is 14.4 Å². The first-order chi connectivity index (χ1) is 58.7. The van der Waals surface area contributed by atoms with Crippen LogP contribution in [-0.2, 0) is 25.7 Å². The Morgan fingerprint density at radius 1 is 0.235 bits per heavy atom. The minimum absolute atomic E-state index is 0.310. The smallest absolute Gasteiger partial charge is 0.165 e. The number of hydrogen-bond acceptors (Lipinski definition) is 10. The molecule has 0 fully saturated rings. The molecule has 9 aromatic rings. The predicted octanol–water partition coefficient (Wildman–Crippen LogP) is 32.6. The van der Waals surface area contributed by atoms with Crippen LogP contribution in [0.4, 0.5) is 4.39 Å². The Hall–Kier alpha value is -8.31. The summed E-state index contributed by atoms with van der Waals surface area (Å²) in [6.07, 6.45) is 74.2. The number of unbranched alkanes of at least 4 members (excludes halogenated alkanes) is 36. The molecule has 0 bridgehead atoms. The number of aromatic nitrogens is 6. The molecule has 9 rings (SSSR count). The minimum Gasteiger partial charge on any atom is -0.494 e. The molecule has 0 spiro atoms. The number of halogens is 1. The van der Waals surface area contributed by atoms with E-state index in [1.807, 2.05) is 36.9 Å². The first-order valence-electron chi connectivity index (χ1n) is 47.9. The molecule has 10 nitrogen and oxygen atoms in total. The Morgan fingerprint density at radius 2 is 0.471 bits per heavy atom. The van der Waals surface area contributed by atoms with Crippen LogP contribution in [0.15, 0.2) is 189 Å². The lowest BCUT2D eigenvalue weighted by molar-refractivity contribution is 0.290. The maximum atomic E-state index is 14.4. The fourth-order valence-electron chi connectivity index (χ4n) is 14.2. The largest absolute Gasteiger partial charge is 0.494 e. The fraction of sp³-hybridized carbons (Fsp3) is 0.556. The van der Waals surface area contributed by atoms with Gasteiger partial charge in [0.2, 0.25) is 0 Å². The Labute approximate surface area is 724 Å². The summed E-state index contributed by atoms with van der Waals surface area (Å²) in [5.74, 6) is 2.91. The SMILES string of the molecule is CCCCCCCCCOc1ccc(-c2ccc(CCCCCCC)cn2)cc1.CCCCCCCCOc1ccc(-c2ccc(CCCCCCC)cn2)cc1.CCCCCCCCOc1ccc(-c2ccc(CCCCCCC)cn2)cc1F.CCCCCCCOc1ccc(-c2ccc(CCCCCCC)cn2)cc1.c1cncnc1. The van der Waals surface area contributed by atoms with Gasteiger partial charge in [0, 0.05) is 59.4 Å². The lowest BCUT2D eigenvalue weighted by Gasteiger charge is -2.09. The molecule has 119 heavy (non-hydrogen) atoms. The van der Waals surface area contributed by atoms with Crippen LogP contribution < -0.4 is 18.9 Å². The van der Waals surface area contributed by atoms with Gasteiger partial charge in [0.15, 0.2) is 11.6 Å². The Kier molecular flexibility index (Phi) is 59.9. The second-order valence-electron chi connectivity index (χ2n) is 32.5. The molecule has 5 aromatic heterocycles. The number of aryl methyl sites for hydroxylation is 4. The highest BCUT2D eigenvalue weighted by molar-refractivity contribution is 5.63. The zero-order valence-corrected chi connectivity index (χ0v) is 75.9. The predicted molar refractivity (Wildman–Crippen MR) is 506 cm³/mol. The lowest BCUT2D eigenvalue weighted by atomic mass is 10.1. The van der Waals surface area contributed by atoms with Crippen LogP contribution in [0.2, 0.25) is 0 Å². The molecular formula is C108H159FN6O4. The fourth-order valence-corrected chi connectivity index (χ4v) is 14.2. The van der Waals surface area contributed by atoms with Gasteiger partial charge in [-0.15, -0.1) is 0 Å². The first kappa shape index (κ1) is 101. The third-order valence-corrected chi connectivity index (χ3v) is 21.8. The van der Waals surface area contributed by atoms with E-state index in [9.17, 15) is 4.39 Å². The van der Waals surface area contributed by atoms with Crippen molar-refractivity contribution in [2.75, 3.05) is 26.4 Å². The number of pyridine rings is 4. The van der Waals surface area contributed by atoms with E-state index in [2.05, 4.69) is 201 Å². The standard InChI is InChI=1S/C27H41NO.C26H38FNO.C26H39NO.C25H37NO.C4H4N2/c1-3-5-7-9-10-12-14-22-29-26-19-17-25(18-20-26)27-21-16-24(23-28-27)15-13-11-8-6-4-2;1-3-5-7-9-11-13-19-29-26-18-16-23(20-24(26)27)25-17-15-22(21-28-25)14-12-10-8-6-4-2;1-3-5-7-9-11-13-21-28-25-18-16-24(17-19-25)26-20-15-23(22-27-26)14-12-10-8-6-4-2;1-3-5-7-9-11-13-22-14-19-25(26-21-22)23-15-17-24(18-16-23)27-20-12-10-8-6-4-2;1-2-5-4-6-3-1/h16-21,23H,3-15,22H2,1-2H3;15-18,20-21H,3-14,19H2,1-2H3;15-20,22H,3-14,21H2,1-2H3;14-19,21H,3-13,20H2,1-2H3;1-4H. The van der Waals surface area contributed by atoms with Crippen molar-refractivity contribution in [1.29, 1.82) is 0 Å². The van der Waals surface area contributed by atoms with E-state index in [1.54, 1.807) is 24.5 Å². The van der Waals surface area contributed by atoms with Gasteiger partial charge in [-0.3, -0.25) is 19.9 Å². The highest BCUT2D eigenvalue weighted by Crippen LogP contribution is 2.29. The topological polar surface area (TPSA) is 114 Å². The van der Waals surface area contributed by atoms with E-state index in [0.29, 0.717) is 12.4 Å². The summed E-state index contributed by atoms with van der Waals surface area (Å²) in [4.78, 5) is 25.9. The summed E-state index contributed by atoms with van der Waals surface area (Å²) in [6.45, 7) is 21.0. The molecular weight excluding hydrogens is 1460 g/mol. The molecule has 0 amide bonds. The quantitative estimate of drug-likeness (QED) is 0.0341. The molecule has 0 radical (unpaired) electrons. The third kappa shape index (κ3) is 49.3. The van der Waals surface area contributed by atoms with E-state index in [4.69, 9.17) is 18.9 Å². The van der Waals surface area contributed by atoms with Crippen LogP contribution in [0, 0.1) is 5.82 Å². The zero-order valence-electron chi connectivity index (χ0n) is 75.9.